The maximum Gasteiger partial charge on any atom is 0.336 e. The molecule has 0 unspecified atom stereocenters. The van der Waals surface area contributed by atoms with Gasteiger partial charge in [0, 0.05) is 19.8 Å². The van der Waals surface area contributed by atoms with Crippen molar-refractivity contribution in [3.63, 3.8) is 0 Å². The van der Waals surface area contributed by atoms with Gasteiger partial charge in [0.05, 0.1) is 34.0 Å². The van der Waals surface area contributed by atoms with Gasteiger partial charge < -0.3 is 19.1 Å². The molecule has 0 aliphatic carbocycles. The van der Waals surface area contributed by atoms with Gasteiger partial charge in [0.25, 0.3) is 11.4 Å². The minimum Gasteiger partial charge on any atom is -0.497 e. The molecule has 0 bridgehead atoms. The maximum absolute atomic E-state index is 11.4. The standard InChI is InChI=1S/C14H16N2O2.C12H11NO3/c1-5-18-14(17)13(15-2)10-11-6-8-12(9-7-11)16(3)4;1-13-11(12(14)16-3)8-9-4-6-10(15-2)7-5-9/h6-10H,5H2,1,3-4H3;4-8H,2-3H3/b13-10+;11-8+. The van der Waals surface area contributed by atoms with E-state index in [0.29, 0.717) is 0 Å². The fourth-order valence-corrected chi connectivity index (χ4v) is 2.47. The average Bonchev–Trinajstić information content (AvgIpc) is 2.86. The number of esters is 2. The summed E-state index contributed by atoms with van der Waals surface area (Å²) in [5.41, 5.74) is 2.56. The predicted octanol–water partition coefficient (Wildman–Crippen LogP) is 4.70. The molecule has 0 atom stereocenters. The number of hydrogen-bond acceptors (Lipinski definition) is 6. The van der Waals surface area contributed by atoms with E-state index in [9.17, 15) is 9.59 Å². The number of benzene rings is 2. The van der Waals surface area contributed by atoms with E-state index in [1.54, 1.807) is 38.3 Å². The number of anilines is 1. The summed E-state index contributed by atoms with van der Waals surface area (Å²) in [4.78, 5) is 30.9. The number of carbonyl (C=O) groups excluding carboxylic acids is 2. The zero-order valence-electron chi connectivity index (χ0n) is 19.9. The summed E-state index contributed by atoms with van der Waals surface area (Å²) in [6.07, 6.45) is 3.00. The van der Waals surface area contributed by atoms with E-state index in [1.165, 1.54) is 19.3 Å². The molecule has 34 heavy (non-hydrogen) atoms. The van der Waals surface area contributed by atoms with Crippen molar-refractivity contribution in [1.82, 2.24) is 0 Å². The number of methoxy groups -OCH3 is 2. The van der Waals surface area contributed by atoms with Crippen LogP contribution < -0.4 is 9.64 Å². The van der Waals surface area contributed by atoms with Gasteiger partial charge in [-0.2, -0.15) is 0 Å². The molecule has 8 heteroatoms. The molecule has 2 aromatic rings. The summed E-state index contributed by atoms with van der Waals surface area (Å²) < 4.78 is 14.3. The molecule has 8 nitrogen and oxygen atoms in total. The van der Waals surface area contributed by atoms with E-state index in [0.717, 1.165) is 22.6 Å². The third kappa shape index (κ3) is 8.89. The molecule has 0 spiro atoms. The second-order valence-electron chi connectivity index (χ2n) is 6.75. The van der Waals surface area contributed by atoms with Crippen molar-refractivity contribution in [3.05, 3.63) is 93.9 Å². The predicted molar refractivity (Wildman–Crippen MR) is 132 cm³/mol. The van der Waals surface area contributed by atoms with E-state index in [1.807, 2.05) is 43.3 Å². The monoisotopic (exact) mass is 461 g/mol. The Balaban J connectivity index is 0.000000342. The van der Waals surface area contributed by atoms with Gasteiger partial charge in [-0.05, 0) is 54.5 Å². The lowest BCUT2D eigenvalue weighted by Gasteiger charge is -2.11. The van der Waals surface area contributed by atoms with E-state index < -0.39 is 11.9 Å². The molecule has 0 aromatic heterocycles. The van der Waals surface area contributed by atoms with Gasteiger partial charge in [0.2, 0.25) is 0 Å². The fourth-order valence-electron chi connectivity index (χ4n) is 2.47. The second kappa shape index (κ2) is 14.5. The van der Waals surface area contributed by atoms with Crippen molar-refractivity contribution in [3.8, 4) is 5.75 Å². The lowest BCUT2D eigenvalue weighted by atomic mass is 10.1. The summed E-state index contributed by atoms with van der Waals surface area (Å²) in [6, 6.07) is 14.6. The van der Waals surface area contributed by atoms with Crippen LogP contribution in [0.5, 0.6) is 5.75 Å². The quantitative estimate of drug-likeness (QED) is 0.338. The third-order valence-corrected chi connectivity index (χ3v) is 4.25. The Kier molecular flexibility index (Phi) is 11.7. The molecular weight excluding hydrogens is 434 g/mol. The average molecular weight is 462 g/mol. The molecule has 0 heterocycles. The van der Waals surface area contributed by atoms with Gasteiger partial charge in [-0.3, -0.25) is 9.59 Å². The summed E-state index contributed by atoms with van der Waals surface area (Å²) in [6.45, 7) is 15.8. The summed E-state index contributed by atoms with van der Waals surface area (Å²) >= 11 is 0. The van der Waals surface area contributed by atoms with Gasteiger partial charge in [-0.15, -0.1) is 0 Å². The Morgan fingerprint density at radius 3 is 1.71 bits per heavy atom. The maximum atomic E-state index is 11.4. The lowest BCUT2D eigenvalue weighted by molar-refractivity contribution is -0.138. The summed E-state index contributed by atoms with van der Waals surface area (Å²) in [5, 5.41) is 0. The van der Waals surface area contributed by atoms with Crippen molar-refractivity contribution in [1.29, 1.82) is 0 Å². The van der Waals surface area contributed by atoms with E-state index in [-0.39, 0.29) is 18.0 Å². The van der Waals surface area contributed by atoms with Crippen LogP contribution in [0.1, 0.15) is 18.1 Å². The largest absolute Gasteiger partial charge is 0.497 e. The molecule has 0 N–H and O–H groups in total. The molecule has 0 radical (unpaired) electrons. The molecule has 0 aliphatic heterocycles. The third-order valence-electron chi connectivity index (χ3n) is 4.25. The highest BCUT2D eigenvalue weighted by atomic mass is 16.5. The second-order valence-corrected chi connectivity index (χ2v) is 6.75. The highest BCUT2D eigenvalue weighted by molar-refractivity contribution is 5.96. The van der Waals surface area contributed by atoms with Crippen molar-refractivity contribution < 1.29 is 23.8 Å². The van der Waals surface area contributed by atoms with Gasteiger partial charge in [-0.25, -0.2) is 9.69 Å². The van der Waals surface area contributed by atoms with Crippen LogP contribution in [-0.2, 0) is 19.1 Å². The van der Waals surface area contributed by atoms with E-state index in [4.69, 9.17) is 22.6 Å². The van der Waals surface area contributed by atoms with Crippen LogP contribution in [-0.4, -0.2) is 46.9 Å². The topological polar surface area (TPSA) is 73.8 Å². The molecule has 176 valence electrons. The SMILES string of the molecule is [C-]#[N+]/C(=C/c1ccc(N(C)C)cc1)C(=O)OCC.[C-]#[N+]/C(=C/c1ccc(OC)cc1)C(=O)OC. The van der Waals surface area contributed by atoms with Crippen LogP contribution in [0.4, 0.5) is 5.69 Å². The normalized spacial score (nSPS) is 10.6. The van der Waals surface area contributed by atoms with Crippen LogP contribution in [0.15, 0.2) is 59.9 Å². The zero-order valence-corrected chi connectivity index (χ0v) is 19.9. The fraction of sp³-hybridized carbons (Fsp3) is 0.231. The van der Waals surface area contributed by atoms with Crippen molar-refractivity contribution >= 4 is 29.8 Å². The Bertz CT molecular complexity index is 1100. The van der Waals surface area contributed by atoms with Crippen LogP contribution in [0.3, 0.4) is 0 Å². The smallest absolute Gasteiger partial charge is 0.336 e. The minimum atomic E-state index is -0.634. The van der Waals surface area contributed by atoms with E-state index in [2.05, 4.69) is 14.4 Å². The summed E-state index contributed by atoms with van der Waals surface area (Å²) in [5.74, 6) is -0.491. The molecule has 0 saturated heterocycles. The highest BCUT2D eigenvalue weighted by Gasteiger charge is 2.10. The number of nitrogens with zero attached hydrogens (tertiary/aromatic N) is 3. The molecule has 0 saturated carbocycles. The Morgan fingerprint density at radius 2 is 1.32 bits per heavy atom. The van der Waals surface area contributed by atoms with Gasteiger partial charge in [0.1, 0.15) is 5.75 Å². The first-order chi connectivity index (χ1) is 16.3. The Labute approximate surface area is 200 Å². The highest BCUT2D eigenvalue weighted by Crippen LogP contribution is 2.16. The van der Waals surface area contributed by atoms with Crippen molar-refractivity contribution in [2.24, 2.45) is 0 Å². The molecule has 2 aromatic carbocycles. The minimum absolute atomic E-state index is 0.00514. The number of hydrogen-bond donors (Lipinski definition) is 0. The van der Waals surface area contributed by atoms with Gasteiger partial charge >= 0.3 is 11.9 Å². The van der Waals surface area contributed by atoms with Crippen molar-refractivity contribution in [2.45, 2.75) is 6.92 Å². The lowest BCUT2D eigenvalue weighted by Crippen LogP contribution is -2.08. The van der Waals surface area contributed by atoms with Gasteiger partial charge in [-0.1, -0.05) is 24.3 Å². The molecule has 0 amide bonds. The Morgan fingerprint density at radius 1 is 0.853 bits per heavy atom. The first kappa shape index (κ1) is 27.5. The summed E-state index contributed by atoms with van der Waals surface area (Å²) in [7, 11) is 6.72. The van der Waals surface area contributed by atoms with Gasteiger partial charge in [0.15, 0.2) is 0 Å². The number of rotatable bonds is 7. The molecule has 0 fully saturated rings. The van der Waals surface area contributed by atoms with Crippen LogP contribution in [0, 0.1) is 13.1 Å². The molecule has 2 rings (SSSR count). The number of ether oxygens (including phenoxy) is 3. The first-order valence-corrected chi connectivity index (χ1v) is 10.1. The van der Waals surface area contributed by atoms with Crippen LogP contribution >= 0.6 is 0 Å². The zero-order chi connectivity index (χ0) is 25.5. The molecular formula is C26H27N3O5. The molecule has 0 aliphatic rings. The van der Waals surface area contributed by atoms with Crippen LogP contribution in [0.25, 0.3) is 21.8 Å². The van der Waals surface area contributed by atoms with Crippen molar-refractivity contribution in [2.75, 3.05) is 39.8 Å². The first-order valence-electron chi connectivity index (χ1n) is 10.1. The van der Waals surface area contributed by atoms with Crippen LogP contribution in [0.2, 0.25) is 0 Å². The Hall–Kier alpha value is -4.56. The van der Waals surface area contributed by atoms with E-state index >= 15 is 0 Å². The number of carbonyl (C=O) groups is 2.